The highest BCUT2D eigenvalue weighted by Gasteiger charge is 2.34. The van der Waals surface area contributed by atoms with Gasteiger partial charge in [0, 0.05) is 32.0 Å². The number of fused-ring (bicyclic) bond motifs is 1. The van der Waals surface area contributed by atoms with E-state index in [1.165, 1.54) is 5.56 Å². The number of halogens is 2. The Labute approximate surface area is 177 Å². The molecule has 2 heterocycles. The number of amides is 1. The van der Waals surface area contributed by atoms with Crippen LogP contribution in [0.3, 0.4) is 0 Å². The largest absolute Gasteiger partial charge is 0.342 e. The molecule has 4 rings (SSSR count). The summed E-state index contributed by atoms with van der Waals surface area (Å²) in [5, 5.41) is 0. The van der Waals surface area contributed by atoms with Crippen molar-refractivity contribution in [3.8, 4) is 0 Å². The van der Waals surface area contributed by atoms with E-state index in [0.717, 1.165) is 24.1 Å². The van der Waals surface area contributed by atoms with Crippen molar-refractivity contribution >= 4 is 41.8 Å². The summed E-state index contributed by atoms with van der Waals surface area (Å²) in [7, 11) is 0. The maximum absolute atomic E-state index is 12.8. The molecule has 0 aliphatic carbocycles. The molecule has 1 aliphatic heterocycles. The van der Waals surface area contributed by atoms with Gasteiger partial charge < -0.3 is 15.2 Å². The summed E-state index contributed by atoms with van der Waals surface area (Å²) in [5.41, 5.74) is 9.30. The number of benzene rings is 2. The molecular weight excluding hydrogens is 395 g/mol. The van der Waals surface area contributed by atoms with E-state index in [4.69, 9.17) is 5.73 Å². The average Bonchev–Trinajstić information content (AvgIpc) is 3.31. The Morgan fingerprint density at radius 3 is 2.50 bits per heavy atom. The highest BCUT2D eigenvalue weighted by Crippen LogP contribution is 2.32. The molecule has 1 saturated heterocycles. The molecule has 1 fully saturated rings. The zero-order valence-electron chi connectivity index (χ0n) is 15.6. The lowest BCUT2D eigenvalue weighted by atomic mass is 9.89. The molecular formula is C21H26Cl2N4O. The molecule has 2 N–H and O–H groups in total. The molecule has 28 heavy (non-hydrogen) atoms. The van der Waals surface area contributed by atoms with Gasteiger partial charge in [-0.05, 0) is 30.2 Å². The van der Waals surface area contributed by atoms with Crippen LogP contribution in [0.2, 0.25) is 0 Å². The number of nitrogens with zero attached hydrogens (tertiary/aromatic N) is 3. The monoisotopic (exact) mass is 420 g/mol. The molecule has 0 radical (unpaired) electrons. The van der Waals surface area contributed by atoms with E-state index >= 15 is 0 Å². The zero-order valence-corrected chi connectivity index (χ0v) is 17.2. The van der Waals surface area contributed by atoms with Crippen molar-refractivity contribution in [1.82, 2.24) is 14.5 Å². The maximum atomic E-state index is 12.8. The van der Waals surface area contributed by atoms with Gasteiger partial charge in [0.1, 0.15) is 0 Å². The lowest BCUT2D eigenvalue weighted by Gasteiger charge is -2.17. The topological polar surface area (TPSA) is 64.2 Å². The van der Waals surface area contributed by atoms with Gasteiger partial charge in [-0.25, -0.2) is 4.98 Å². The van der Waals surface area contributed by atoms with E-state index in [9.17, 15) is 4.79 Å². The zero-order chi connectivity index (χ0) is 17.9. The second-order valence-electron chi connectivity index (χ2n) is 6.99. The summed E-state index contributed by atoms with van der Waals surface area (Å²) >= 11 is 0. The molecule has 7 heteroatoms. The van der Waals surface area contributed by atoms with Crippen molar-refractivity contribution in [2.24, 2.45) is 11.7 Å². The highest BCUT2D eigenvalue weighted by molar-refractivity contribution is 5.85. The normalized spacial score (nSPS) is 18.5. The Kier molecular flexibility index (Phi) is 7.87. The summed E-state index contributed by atoms with van der Waals surface area (Å²) in [4.78, 5) is 19.1. The number of carbonyl (C=O) groups is 1. The quantitative estimate of drug-likeness (QED) is 0.686. The summed E-state index contributed by atoms with van der Waals surface area (Å²) in [6.07, 6.45) is 2.30. The third-order valence-electron chi connectivity index (χ3n) is 5.42. The number of nitrogens with two attached hydrogens (primary N) is 1. The van der Waals surface area contributed by atoms with Gasteiger partial charge in [-0.1, -0.05) is 42.5 Å². The fourth-order valence-electron chi connectivity index (χ4n) is 3.95. The molecule has 0 spiro atoms. The molecule has 0 unspecified atom stereocenters. The average molecular weight is 421 g/mol. The molecule has 1 aromatic heterocycles. The van der Waals surface area contributed by atoms with Crippen LogP contribution < -0.4 is 5.73 Å². The number of aryl methyl sites for hydroxylation is 1. The first-order valence-electron chi connectivity index (χ1n) is 9.19. The lowest BCUT2D eigenvalue weighted by molar-refractivity contribution is -0.130. The minimum absolute atomic E-state index is 0. The Hall–Kier alpha value is -2.08. The molecule has 0 saturated carbocycles. The Balaban J connectivity index is 0.00000140. The number of hydrogen-bond acceptors (Lipinski definition) is 3. The van der Waals surface area contributed by atoms with Gasteiger partial charge in [-0.2, -0.15) is 0 Å². The van der Waals surface area contributed by atoms with Crippen molar-refractivity contribution < 1.29 is 4.79 Å². The smallest absolute Gasteiger partial charge is 0.224 e. The van der Waals surface area contributed by atoms with Gasteiger partial charge in [-0.3, -0.25) is 4.79 Å². The maximum Gasteiger partial charge on any atom is 0.224 e. The van der Waals surface area contributed by atoms with Gasteiger partial charge in [0.05, 0.1) is 17.4 Å². The van der Waals surface area contributed by atoms with Crippen LogP contribution in [0.25, 0.3) is 11.0 Å². The highest BCUT2D eigenvalue weighted by atomic mass is 35.5. The van der Waals surface area contributed by atoms with Crippen LogP contribution >= 0.6 is 24.8 Å². The van der Waals surface area contributed by atoms with E-state index in [0.29, 0.717) is 31.3 Å². The molecule has 0 bridgehead atoms. The summed E-state index contributed by atoms with van der Waals surface area (Å²) in [6.45, 7) is 2.77. The molecule has 3 aromatic rings. The molecule has 2 atom stereocenters. The fourth-order valence-corrected chi connectivity index (χ4v) is 3.95. The summed E-state index contributed by atoms with van der Waals surface area (Å²) < 4.78 is 2.05. The van der Waals surface area contributed by atoms with E-state index in [2.05, 4.69) is 33.8 Å². The van der Waals surface area contributed by atoms with E-state index in [1.54, 1.807) is 0 Å². The summed E-state index contributed by atoms with van der Waals surface area (Å²) in [6, 6.07) is 18.4. The van der Waals surface area contributed by atoms with Crippen molar-refractivity contribution in [3.63, 3.8) is 0 Å². The van der Waals surface area contributed by atoms with Crippen molar-refractivity contribution in [2.75, 3.05) is 19.6 Å². The van der Waals surface area contributed by atoms with Gasteiger partial charge in [0.15, 0.2) is 0 Å². The molecule has 1 amide bonds. The second kappa shape index (κ2) is 9.92. The van der Waals surface area contributed by atoms with Crippen molar-refractivity contribution in [1.29, 1.82) is 0 Å². The SMILES string of the molecule is Cl.Cl.NC[C@@H]1CN(C(=O)CCn2cnc3ccccc32)C[C@H]1c1ccccc1. The first-order valence-corrected chi connectivity index (χ1v) is 9.19. The number of hydrogen-bond donors (Lipinski definition) is 1. The molecule has 150 valence electrons. The minimum atomic E-state index is 0. The Bertz CT molecular complexity index is 900. The fraction of sp³-hybridized carbons (Fsp3) is 0.333. The van der Waals surface area contributed by atoms with Crippen molar-refractivity contribution in [3.05, 3.63) is 66.5 Å². The van der Waals surface area contributed by atoms with Crippen LogP contribution in [0, 0.1) is 5.92 Å². The second-order valence-corrected chi connectivity index (χ2v) is 6.99. The van der Waals surface area contributed by atoms with Crippen LogP contribution in [0.1, 0.15) is 17.9 Å². The Morgan fingerprint density at radius 1 is 1.04 bits per heavy atom. The van der Waals surface area contributed by atoms with Crippen molar-refractivity contribution in [2.45, 2.75) is 18.9 Å². The number of para-hydroxylation sites is 2. The standard InChI is InChI=1S/C21H24N4O.2ClH/c22-12-17-13-25(14-18(17)16-6-2-1-3-7-16)21(26)10-11-24-15-23-19-8-4-5-9-20(19)24;;/h1-9,15,17-18H,10-14,22H2;2*1H/t17-,18+;;/m1../s1. The number of imidazole rings is 1. The number of aromatic nitrogens is 2. The minimum Gasteiger partial charge on any atom is -0.342 e. The number of rotatable bonds is 5. The molecule has 5 nitrogen and oxygen atoms in total. The van der Waals surface area contributed by atoms with Crippen LogP contribution in [0.4, 0.5) is 0 Å². The van der Waals surface area contributed by atoms with E-state index in [1.807, 2.05) is 41.6 Å². The number of carbonyl (C=O) groups excluding carboxylic acids is 1. The van der Waals surface area contributed by atoms with E-state index < -0.39 is 0 Å². The lowest BCUT2D eigenvalue weighted by Crippen LogP contribution is -2.30. The Morgan fingerprint density at radius 2 is 1.75 bits per heavy atom. The number of likely N-dealkylation sites (tertiary alicyclic amines) is 1. The van der Waals surface area contributed by atoms with Gasteiger partial charge >= 0.3 is 0 Å². The van der Waals surface area contributed by atoms with Crippen LogP contribution in [0.5, 0.6) is 0 Å². The van der Waals surface area contributed by atoms with Crippen LogP contribution in [-0.2, 0) is 11.3 Å². The first-order chi connectivity index (χ1) is 12.8. The van der Waals surface area contributed by atoms with Crippen LogP contribution in [-0.4, -0.2) is 40.0 Å². The molecule has 2 aromatic carbocycles. The predicted molar refractivity (Wildman–Crippen MR) is 117 cm³/mol. The van der Waals surface area contributed by atoms with E-state index in [-0.39, 0.29) is 30.7 Å². The van der Waals surface area contributed by atoms with Gasteiger partial charge in [0.25, 0.3) is 0 Å². The molecule has 1 aliphatic rings. The third kappa shape index (κ3) is 4.49. The predicted octanol–water partition coefficient (Wildman–Crippen LogP) is 3.47. The van der Waals surface area contributed by atoms with Crippen LogP contribution in [0.15, 0.2) is 60.9 Å². The first kappa shape index (κ1) is 22.2. The van der Waals surface area contributed by atoms with Gasteiger partial charge in [0.2, 0.25) is 5.91 Å². The third-order valence-corrected chi connectivity index (χ3v) is 5.42. The van der Waals surface area contributed by atoms with Gasteiger partial charge in [-0.15, -0.1) is 24.8 Å². The summed E-state index contributed by atoms with van der Waals surface area (Å²) in [5.74, 6) is 0.856.